The van der Waals surface area contributed by atoms with E-state index < -0.39 is 16.0 Å². The molecule has 2 N–H and O–H groups in total. The minimum atomic E-state index is -3.52. The first kappa shape index (κ1) is 18.9. The Morgan fingerprint density at radius 2 is 2.05 bits per heavy atom. The molecule has 0 radical (unpaired) electrons. The summed E-state index contributed by atoms with van der Waals surface area (Å²) in [5.74, 6) is 0.0510. The van der Waals surface area contributed by atoms with Gasteiger partial charge >= 0.3 is 5.97 Å². The maximum absolute atomic E-state index is 12.1. The van der Waals surface area contributed by atoms with Gasteiger partial charge in [-0.05, 0) is 56.1 Å². The highest BCUT2D eigenvalue weighted by Crippen LogP contribution is 2.14. The second-order valence-electron chi connectivity index (χ2n) is 5.06. The molecule has 0 aromatic heterocycles. The lowest BCUT2D eigenvalue weighted by molar-refractivity contribution is 0.0600. The van der Waals surface area contributed by atoms with Crippen LogP contribution in [0.5, 0.6) is 0 Å². The van der Waals surface area contributed by atoms with E-state index in [2.05, 4.69) is 14.8 Å². The largest absolute Gasteiger partial charge is 0.465 e. The van der Waals surface area contributed by atoms with Crippen molar-refractivity contribution >= 4 is 28.4 Å². The highest BCUT2D eigenvalue weighted by Gasteiger charge is 2.18. The van der Waals surface area contributed by atoms with Gasteiger partial charge in [-0.25, -0.2) is 17.9 Å². The van der Waals surface area contributed by atoms with Gasteiger partial charge in [0.25, 0.3) is 0 Å². The molecule has 1 heterocycles. The minimum absolute atomic E-state index is 0. The third-order valence-electron chi connectivity index (χ3n) is 3.59. The van der Waals surface area contributed by atoms with Crippen LogP contribution in [0.15, 0.2) is 29.2 Å². The molecule has 6 nitrogen and oxygen atoms in total. The summed E-state index contributed by atoms with van der Waals surface area (Å²) in [5.41, 5.74) is 0.327. The SMILES string of the molecule is COC(=O)c1ccc(S(=O)(=O)NCCC2CCNC2)cc1.Cl. The fraction of sp³-hybridized carbons (Fsp3) is 0.500. The normalized spacial score (nSPS) is 17.8. The van der Waals surface area contributed by atoms with Crippen molar-refractivity contribution in [3.63, 3.8) is 0 Å². The van der Waals surface area contributed by atoms with Gasteiger partial charge in [0.15, 0.2) is 0 Å². The van der Waals surface area contributed by atoms with Crippen molar-refractivity contribution in [3.8, 4) is 0 Å². The topological polar surface area (TPSA) is 84.5 Å². The number of esters is 1. The predicted molar refractivity (Wildman–Crippen MR) is 85.8 cm³/mol. The number of benzene rings is 1. The molecule has 1 atom stereocenters. The number of nitrogens with one attached hydrogen (secondary N) is 2. The third-order valence-corrected chi connectivity index (χ3v) is 5.07. The van der Waals surface area contributed by atoms with E-state index >= 15 is 0 Å². The number of hydrogen-bond donors (Lipinski definition) is 2. The number of carbonyl (C=O) groups excluding carboxylic acids is 1. The van der Waals surface area contributed by atoms with E-state index in [0.717, 1.165) is 25.9 Å². The first-order valence-electron chi connectivity index (χ1n) is 6.91. The van der Waals surface area contributed by atoms with Crippen LogP contribution >= 0.6 is 12.4 Å². The second-order valence-corrected chi connectivity index (χ2v) is 6.83. The molecule has 1 aliphatic rings. The highest BCUT2D eigenvalue weighted by atomic mass is 35.5. The molecule has 22 heavy (non-hydrogen) atoms. The molecule has 1 aliphatic heterocycles. The summed E-state index contributed by atoms with van der Waals surface area (Å²) in [6.45, 7) is 2.38. The average molecular weight is 349 g/mol. The Labute approximate surface area is 137 Å². The van der Waals surface area contributed by atoms with Gasteiger partial charge in [-0.15, -0.1) is 12.4 Å². The Bertz CT molecular complexity index is 583. The van der Waals surface area contributed by atoms with Gasteiger partial charge in [0.1, 0.15) is 0 Å². The van der Waals surface area contributed by atoms with Crippen molar-refractivity contribution in [3.05, 3.63) is 29.8 Å². The zero-order chi connectivity index (χ0) is 15.3. The van der Waals surface area contributed by atoms with E-state index in [4.69, 9.17) is 0 Å². The Balaban J connectivity index is 0.00000242. The van der Waals surface area contributed by atoms with Crippen LogP contribution < -0.4 is 10.0 Å². The zero-order valence-corrected chi connectivity index (χ0v) is 14.0. The minimum Gasteiger partial charge on any atom is -0.465 e. The van der Waals surface area contributed by atoms with Crippen LogP contribution in [0.3, 0.4) is 0 Å². The lowest BCUT2D eigenvalue weighted by atomic mass is 10.1. The molecule has 1 saturated heterocycles. The van der Waals surface area contributed by atoms with Crippen molar-refractivity contribution in [2.75, 3.05) is 26.7 Å². The smallest absolute Gasteiger partial charge is 0.337 e. The maximum atomic E-state index is 12.1. The van der Waals surface area contributed by atoms with Gasteiger partial charge in [0, 0.05) is 6.54 Å². The van der Waals surface area contributed by atoms with Gasteiger partial charge in [-0.3, -0.25) is 0 Å². The number of ether oxygens (including phenoxy) is 1. The number of methoxy groups -OCH3 is 1. The molecular weight excluding hydrogens is 328 g/mol. The van der Waals surface area contributed by atoms with Gasteiger partial charge in [0.05, 0.1) is 17.6 Å². The Kier molecular flexibility index (Phi) is 7.28. The molecule has 0 amide bonds. The van der Waals surface area contributed by atoms with E-state index in [1.807, 2.05) is 0 Å². The van der Waals surface area contributed by atoms with Crippen LogP contribution in [0.2, 0.25) is 0 Å². The summed E-state index contributed by atoms with van der Waals surface area (Å²) >= 11 is 0. The summed E-state index contributed by atoms with van der Waals surface area (Å²) in [7, 11) is -2.24. The Morgan fingerprint density at radius 1 is 1.36 bits per heavy atom. The molecule has 0 aliphatic carbocycles. The summed E-state index contributed by atoms with van der Waals surface area (Å²) < 4.78 is 31.4. The quantitative estimate of drug-likeness (QED) is 0.754. The molecule has 0 bridgehead atoms. The molecule has 0 spiro atoms. The van der Waals surface area contributed by atoms with E-state index in [9.17, 15) is 13.2 Å². The highest BCUT2D eigenvalue weighted by molar-refractivity contribution is 7.89. The monoisotopic (exact) mass is 348 g/mol. The van der Waals surface area contributed by atoms with Crippen molar-refractivity contribution in [2.24, 2.45) is 5.92 Å². The third kappa shape index (κ3) is 4.95. The van der Waals surface area contributed by atoms with Crippen LogP contribution in [0.1, 0.15) is 23.2 Å². The number of hydrogen-bond acceptors (Lipinski definition) is 5. The summed E-state index contributed by atoms with van der Waals surface area (Å²) in [4.78, 5) is 11.5. The van der Waals surface area contributed by atoms with E-state index in [0.29, 0.717) is 18.0 Å². The molecule has 1 aromatic rings. The first-order valence-corrected chi connectivity index (χ1v) is 8.40. The maximum Gasteiger partial charge on any atom is 0.337 e. The number of sulfonamides is 1. The van der Waals surface area contributed by atoms with Gasteiger partial charge in [-0.2, -0.15) is 0 Å². The molecule has 124 valence electrons. The Morgan fingerprint density at radius 3 is 2.59 bits per heavy atom. The molecule has 8 heteroatoms. The fourth-order valence-corrected chi connectivity index (χ4v) is 3.38. The van der Waals surface area contributed by atoms with E-state index in [1.54, 1.807) is 0 Å². The number of halogens is 1. The molecule has 2 rings (SSSR count). The zero-order valence-electron chi connectivity index (χ0n) is 12.4. The summed E-state index contributed by atoms with van der Waals surface area (Å²) in [6.07, 6.45) is 1.92. The van der Waals surface area contributed by atoms with Crippen LogP contribution in [-0.4, -0.2) is 41.1 Å². The van der Waals surface area contributed by atoms with Crippen molar-refractivity contribution in [1.82, 2.24) is 10.0 Å². The van der Waals surface area contributed by atoms with E-state index in [1.165, 1.54) is 31.4 Å². The lowest BCUT2D eigenvalue weighted by Crippen LogP contribution is -2.26. The lowest BCUT2D eigenvalue weighted by Gasteiger charge is -2.10. The Hall–Kier alpha value is -1.15. The standard InChI is InChI=1S/C14H20N2O4S.ClH/c1-20-14(17)12-2-4-13(5-3-12)21(18,19)16-9-7-11-6-8-15-10-11;/h2-5,11,15-16H,6-10H2,1H3;1H. The first-order chi connectivity index (χ1) is 10.0. The number of rotatable bonds is 6. The average Bonchev–Trinajstić information content (AvgIpc) is 2.99. The fourth-order valence-electron chi connectivity index (χ4n) is 2.33. The second kappa shape index (κ2) is 8.47. The van der Waals surface area contributed by atoms with Crippen LogP contribution in [0, 0.1) is 5.92 Å². The molecule has 0 saturated carbocycles. The van der Waals surface area contributed by atoms with Crippen molar-refractivity contribution < 1.29 is 17.9 Å². The van der Waals surface area contributed by atoms with Gasteiger partial charge < -0.3 is 10.1 Å². The molecule has 1 aromatic carbocycles. The molecule has 1 fully saturated rings. The number of carbonyl (C=O) groups is 1. The van der Waals surface area contributed by atoms with Gasteiger partial charge in [-0.1, -0.05) is 0 Å². The molecule has 1 unspecified atom stereocenters. The van der Waals surface area contributed by atoms with Crippen LogP contribution in [-0.2, 0) is 14.8 Å². The summed E-state index contributed by atoms with van der Waals surface area (Å²) in [6, 6.07) is 5.71. The van der Waals surface area contributed by atoms with Crippen LogP contribution in [0.25, 0.3) is 0 Å². The molecular formula is C14H21ClN2O4S. The predicted octanol–water partition coefficient (Wildman–Crippen LogP) is 1.17. The van der Waals surface area contributed by atoms with Crippen molar-refractivity contribution in [2.45, 2.75) is 17.7 Å². The summed E-state index contributed by atoms with van der Waals surface area (Å²) in [5, 5.41) is 3.25. The van der Waals surface area contributed by atoms with Crippen molar-refractivity contribution in [1.29, 1.82) is 0 Å². The van der Waals surface area contributed by atoms with E-state index in [-0.39, 0.29) is 17.3 Å². The van der Waals surface area contributed by atoms with Gasteiger partial charge in [0.2, 0.25) is 10.0 Å². The van der Waals surface area contributed by atoms with Crippen LogP contribution in [0.4, 0.5) is 0 Å².